The van der Waals surface area contributed by atoms with E-state index in [1.165, 1.54) is 38.2 Å². The molecule has 2 heterocycles. The van der Waals surface area contributed by atoms with E-state index in [2.05, 4.69) is 18.0 Å². The highest BCUT2D eigenvalue weighted by molar-refractivity contribution is 7.22. The fraction of sp³-hybridized carbons (Fsp3) is 0.320. The molecule has 0 saturated carbocycles. The van der Waals surface area contributed by atoms with E-state index in [1.54, 1.807) is 29.6 Å². The standard InChI is InChI=1S/C25H28N4O4S.ClH/c1-5-17-8-6-9-21-22(17)27-25(34-21)29(12-7-11-28-13-10-26-16-28)24(30)18-14-19(31-2)23(33-4)20(15-18)32-3;/h6,8-10,13-16H,5,7,11-12H2,1-4H3;1H. The number of rotatable bonds is 10. The summed E-state index contributed by atoms with van der Waals surface area (Å²) in [6.45, 7) is 3.34. The first-order valence-electron chi connectivity index (χ1n) is 11.1. The number of hydrogen-bond donors (Lipinski definition) is 0. The predicted molar refractivity (Wildman–Crippen MR) is 141 cm³/mol. The number of carbonyl (C=O) groups is 1. The van der Waals surface area contributed by atoms with Crippen molar-refractivity contribution in [3.63, 3.8) is 0 Å². The molecule has 4 rings (SSSR count). The molecule has 0 radical (unpaired) electrons. The predicted octanol–water partition coefficient (Wildman–Crippen LogP) is 5.24. The molecule has 35 heavy (non-hydrogen) atoms. The molecule has 0 unspecified atom stereocenters. The Morgan fingerprint density at radius 2 is 1.86 bits per heavy atom. The summed E-state index contributed by atoms with van der Waals surface area (Å²) in [6.07, 6.45) is 7.05. The summed E-state index contributed by atoms with van der Waals surface area (Å²) in [5, 5.41) is 0.667. The lowest BCUT2D eigenvalue weighted by molar-refractivity contribution is 0.0985. The van der Waals surface area contributed by atoms with Gasteiger partial charge in [-0.2, -0.15) is 0 Å². The van der Waals surface area contributed by atoms with Gasteiger partial charge in [0, 0.05) is 31.0 Å². The minimum Gasteiger partial charge on any atom is -0.493 e. The highest BCUT2D eigenvalue weighted by Gasteiger charge is 2.25. The second kappa shape index (κ2) is 11.9. The van der Waals surface area contributed by atoms with E-state index in [1.807, 2.05) is 22.9 Å². The van der Waals surface area contributed by atoms with Crippen molar-refractivity contribution in [3.05, 3.63) is 60.2 Å². The van der Waals surface area contributed by atoms with Gasteiger partial charge in [-0.1, -0.05) is 30.4 Å². The Balaban J connectivity index is 0.00000342. The maximum atomic E-state index is 13.8. The summed E-state index contributed by atoms with van der Waals surface area (Å²) < 4.78 is 19.4. The number of para-hydroxylation sites is 1. The number of thiazole rings is 1. The highest BCUT2D eigenvalue weighted by atomic mass is 35.5. The zero-order valence-corrected chi connectivity index (χ0v) is 21.8. The van der Waals surface area contributed by atoms with Crippen molar-refractivity contribution in [2.24, 2.45) is 0 Å². The number of fused-ring (bicyclic) bond motifs is 1. The van der Waals surface area contributed by atoms with E-state index >= 15 is 0 Å². The van der Waals surface area contributed by atoms with E-state index in [9.17, 15) is 4.79 Å². The SMILES string of the molecule is CCc1cccc2sc(N(CCCn3ccnc3)C(=O)c3cc(OC)c(OC)c(OC)c3)nc12.Cl. The quantitative estimate of drug-likeness (QED) is 0.287. The van der Waals surface area contributed by atoms with Crippen LogP contribution in [0.15, 0.2) is 49.1 Å². The van der Waals surface area contributed by atoms with Gasteiger partial charge in [0.05, 0.1) is 37.9 Å². The molecule has 10 heteroatoms. The molecule has 0 fully saturated rings. The number of hydrogen-bond acceptors (Lipinski definition) is 7. The van der Waals surface area contributed by atoms with E-state index in [0.717, 1.165) is 29.6 Å². The van der Waals surface area contributed by atoms with Crippen molar-refractivity contribution in [1.29, 1.82) is 0 Å². The average molecular weight is 517 g/mol. The fourth-order valence-corrected chi connectivity index (χ4v) is 4.91. The second-order valence-corrected chi connectivity index (χ2v) is 8.65. The number of halogens is 1. The maximum Gasteiger partial charge on any atom is 0.260 e. The number of anilines is 1. The Hall–Kier alpha value is -3.30. The average Bonchev–Trinajstić information content (AvgIpc) is 3.54. The molecule has 0 saturated heterocycles. The Labute approximate surface area is 214 Å². The Kier molecular flexibility index (Phi) is 8.95. The lowest BCUT2D eigenvalue weighted by atomic mass is 10.1. The zero-order valence-electron chi connectivity index (χ0n) is 20.2. The Bertz CT molecular complexity index is 1250. The molecule has 0 N–H and O–H groups in total. The normalized spacial score (nSPS) is 10.6. The van der Waals surface area contributed by atoms with Crippen LogP contribution in [0.2, 0.25) is 0 Å². The summed E-state index contributed by atoms with van der Waals surface area (Å²) >= 11 is 1.52. The van der Waals surface area contributed by atoms with Gasteiger partial charge >= 0.3 is 0 Å². The third-order valence-electron chi connectivity index (χ3n) is 5.62. The van der Waals surface area contributed by atoms with Crippen LogP contribution in [0.4, 0.5) is 5.13 Å². The summed E-state index contributed by atoms with van der Waals surface area (Å²) in [5.74, 6) is 1.13. The van der Waals surface area contributed by atoms with Crippen molar-refractivity contribution in [2.75, 3.05) is 32.8 Å². The van der Waals surface area contributed by atoms with Crippen LogP contribution >= 0.6 is 23.7 Å². The molecule has 4 aromatic rings. The molecule has 0 atom stereocenters. The van der Waals surface area contributed by atoms with Gasteiger partial charge in [0.2, 0.25) is 5.75 Å². The minimum absolute atomic E-state index is 0. The summed E-state index contributed by atoms with van der Waals surface area (Å²) in [6, 6.07) is 9.52. The summed E-state index contributed by atoms with van der Waals surface area (Å²) in [7, 11) is 4.61. The van der Waals surface area contributed by atoms with Gasteiger partial charge in [0.15, 0.2) is 16.6 Å². The largest absolute Gasteiger partial charge is 0.493 e. The maximum absolute atomic E-state index is 13.8. The minimum atomic E-state index is -0.179. The third-order valence-corrected chi connectivity index (χ3v) is 6.66. The first kappa shape index (κ1) is 26.3. The lowest BCUT2D eigenvalue weighted by Gasteiger charge is -2.21. The van der Waals surface area contributed by atoms with Gasteiger partial charge in [0.1, 0.15) is 0 Å². The Morgan fingerprint density at radius 1 is 1.11 bits per heavy atom. The summed E-state index contributed by atoms with van der Waals surface area (Å²) in [4.78, 5) is 24.5. The number of nitrogens with zero attached hydrogens (tertiary/aromatic N) is 4. The van der Waals surface area contributed by atoms with Crippen LogP contribution in [0.25, 0.3) is 10.2 Å². The van der Waals surface area contributed by atoms with Gasteiger partial charge in [0.25, 0.3) is 5.91 Å². The smallest absolute Gasteiger partial charge is 0.260 e. The molecule has 2 aromatic carbocycles. The molecular formula is C25H29ClN4O4S. The van der Waals surface area contributed by atoms with Crippen LogP contribution in [-0.4, -0.2) is 48.3 Å². The first-order chi connectivity index (χ1) is 16.6. The number of ether oxygens (including phenoxy) is 3. The third kappa shape index (κ3) is 5.52. The monoisotopic (exact) mass is 516 g/mol. The molecule has 2 aromatic heterocycles. The van der Waals surface area contributed by atoms with E-state index in [4.69, 9.17) is 19.2 Å². The second-order valence-electron chi connectivity index (χ2n) is 7.64. The topological polar surface area (TPSA) is 78.7 Å². The van der Waals surface area contributed by atoms with E-state index in [-0.39, 0.29) is 18.3 Å². The number of imidazole rings is 1. The zero-order chi connectivity index (χ0) is 24.1. The fourth-order valence-electron chi connectivity index (χ4n) is 3.87. The van der Waals surface area contributed by atoms with Crippen molar-refractivity contribution in [2.45, 2.75) is 26.3 Å². The van der Waals surface area contributed by atoms with Crippen LogP contribution in [-0.2, 0) is 13.0 Å². The molecule has 0 bridgehead atoms. The number of carbonyl (C=O) groups excluding carboxylic acids is 1. The van der Waals surface area contributed by atoms with Crippen LogP contribution in [0, 0.1) is 0 Å². The van der Waals surface area contributed by atoms with E-state index < -0.39 is 0 Å². The number of amides is 1. The molecular weight excluding hydrogens is 488 g/mol. The number of benzene rings is 2. The number of aryl methyl sites for hydroxylation is 2. The molecule has 1 amide bonds. The van der Waals surface area contributed by atoms with Crippen LogP contribution in [0.1, 0.15) is 29.3 Å². The van der Waals surface area contributed by atoms with Crippen LogP contribution in [0.5, 0.6) is 17.2 Å². The highest BCUT2D eigenvalue weighted by Crippen LogP contribution is 2.39. The Morgan fingerprint density at radius 3 is 2.46 bits per heavy atom. The van der Waals surface area contributed by atoms with Crippen LogP contribution < -0.4 is 19.1 Å². The number of aromatic nitrogens is 3. The van der Waals surface area contributed by atoms with Gasteiger partial charge in [-0.3, -0.25) is 9.69 Å². The van der Waals surface area contributed by atoms with E-state index in [0.29, 0.717) is 34.5 Å². The molecule has 0 spiro atoms. The number of methoxy groups -OCH3 is 3. The first-order valence-corrected chi connectivity index (χ1v) is 11.9. The van der Waals surface area contributed by atoms with Gasteiger partial charge in [-0.15, -0.1) is 12.4 Å². The van der Waals surface area contributed by atoms with Crippen LogP contribution in [0.3, 0.4) is 0 Å². The van der Waals surface area contributed by atoms with Gasteiger partial charge in [-0.05, 0) is 36.6 Å². The van der Waals surface area contributed by atoms with Crippen molar-refractivity contribution in [3.8, 4) is 17.2 Å². The van der Waals surface area contributed by atoms with Crippen molar-refractivity contribution >= 4 is 45.0 Å². The van der Waals surface area contributed by atoms with Gasteiger partial charge in [-0.25, -0.2) is 9.97 Å². The molecule has 0 aliphatic rings. The van der Waals surface area contributed by atoms with Crippen molar-refractivity contribution < 1.29 is 19.0 Å². The van der Waals surface area contributed by atoms with Gasteiger partial charge < -0.3 is 18.8 Å². The molecule has 186 valence electrons. The molecule has 0 aliphatic carbocycles. The lowest BCUT2D eigenvalue weighted by Crippen LogP contribution is -2.32. The van der Waals surface area contributed by atoms with Crippen molar-refractivity contribution in [1.82, 2.24) is 14.5 Å². The molecule has 0 aliphatic heterocycles. The summed E-state index contributed by atoms with van der Waals surface area (Å²) in [5.41, 5.74) is 2.55. The molecule has 8 nitrogen and oxygen atoms in total.